The number of sulfonamides is 1. The van der Waals surface area contributed by atoms with Gasteiger partial charge in [-0.15, -0.1) is 0 Å². The molecule has 1 heterocycles. The number of carboxylic acid groups (broad SMARTS) is 1. The van der Waals surface area contributed by atoms with E-state index in [0.29, 0.717) is 6.54 Å². The van der Waals surface area contributed by atoms with Gasteiger partial charge < -0.3 is 10.0 Å². The lowest BCUT2D eigenvalue weighted by Crippen LogP contribution is -2.43. The fraction of sp³-hybridized carbons (Fsp3) is 0.457. The number of carbonyl (C=O) groups is 1. The van der Waals surface area contributed by atoms with Crippen LogP contribution in [0.5, 0.6) is 0 Å². The van der Waals surface area contributed by atoms with Crippen LogP contribution in [-0.4, -0.2) is 72.1 Å². The number of rotatable bonds is 12. The van der Waals surface area contributed by atoms with E-state index in [9.17, 15) is 18.3 Å². The molecule has 0 aromatic heterocycles. The zero-order valence-electron chi connectivity index (χ0n) is 26.5. The molecule has 0 radical (unpaired) electrons. The van der Waals surface area contributed by atoms with Gasteiger partial charge in [-0.05, 0) is 72.7 Å². The van der Waals surface area contributed by atoms with Crippen molar-refractivity contribution in [3.05, 3.63) is 95.1 Å². The summed E-state index contributed by atoms with van der Waals surface area (Å²) < 4.78 is 26.5. The van der Waals surface area contributed by atoms with Crippen molar-refractivity contribution in [3.63, 3.8) is 0 Å². The van der Waals surface area contributed by atoms with Crippen molar-refractivity contribution in [2.45, 2.75) is 72.3 Å². The second kappa shape index (κ2) is 13.7. The summed E-state index contributed by atoms with van der Waals surface area (Å²) in [5.41, 5.74) is 6.97. The fourth-order valence-corrected chi connectivity index (χ4v) is 7.86. The molecule has 1 unspecified atom stereocenters. The minimum absolute atomic E-state index is 0.0619. The molecule has 7 nitrogen and oxygen atoms in total. The molecule has 1 aliphatic rings. The summed E-state index contributed by atoms with van der Waals surface area (Å²) >= 11 is 0. The number of aliphatic carboxylic acids is 1. The van der Waals surface area contributed by atoms with E-state index in [0.717, 1.165) is 34.9 Å². The molecule has 3 aromatic carbocycles. The van der Waals surface area contributed by atoms with Crippen LogP contribution in [0.2, 0.25) is 0 Å². The largest absolute Gasteiger partial charge is 0.480 e. The maximum atomic E-state index is 12.7. The van der Waals surface area contributed by atoms with Crippen molar-refractivity contribution >= 4 is 16.0 Å². The molecule has 0 saturated carbocycles. The number of aryl methyl sites for hydroxylation is 1. The molecule has 43 heavy (non-hydrogen) atoms. The highest BCUT2D eigenvalue weighted by atomic mass is 32.2. The minimum atomic E-state index is -3.60. The van der Waals surface area contributed by atoms with Gasteiger partial charge in [-0.2, -0.15) is 4.31 Å². The van der Waals surface area contributed by atoms with Crippen LogP contribution in [0.3, 0.4) is 0 Å². The van der Waals surface area contributed by atoms with Crippen molar-refractivity contribution in [2.75, 3.05) is 26.4 Å². The minimum Gasteiger partial charge on any atom is -0.480 e. The summed E-state index contributed by atoms with van der Waals surface area (Å²) in [7, 11) is 0.631. The summed E-state index contributed by atoms with van der Waals surface area (Å²) in [4.78, 5) is 16.6. The van der Waals surface area contributed by atoms with Crippen LogP contribution in [0.25, 0.3) is 11.1 Å². The third-order valence-electron chi connectivity index (χ3n) is 8.12. The molecule has 4 rings (SSSR count). The highest BCUT2D eigenvalue weighted by Gasteiger charge is 2.41. The molecular formula is C35H47N3O4S. The van der Waals surface area contributed by atoms with Crippen molar-refractivity contribution in [2.24, 2.45) is 5.41 Å². The Bertz CT molecular complexity index is 1510. The van der Waals surface area contributed by atoms with Crippen LogP contribution < -0.4 is 0 Å². The predicted octanol–water partition coefficient (Wildman–Crippen LogP) is 6.02. The maximum Gasteiger partial charge on any atom is 0.322 e. The highest BCUT2D eigenvalue weighted by molar-refractivity contribution is 7.89. The number of nitrogens with zero attached hydrogens (tertiary/aromatic N) is 3. The number of carboxylic acids is 1. The Morgan fingerprint density at radius 2 is 1.60 bits per heavy atom. The number of hydrogen-bond donors (Lipinski definition) is 1. The fourth-order valence-electron chi connectivity index (χ4n) is 6.18. The van der Waals surface area contributed by atoms with Gasteiger partial charge in [-0.3, -0.25) is 9.69 Å². The van der Waals surface area contributed by atoms with Gasteiger partial charge in [0.05, 0.1) is 5.75 Å². The topological polar surface area (TPSA) is 81.2 Å². The molecule has 0 bridgehead atoms. The second-order valence-corrected chi connectivity index (χ2v) is 15.4. The molecule has 1 fully saturated rings. The van der Waals surface area contributed by atoms with E-state index >= 15 is 0 Å². The first-order chi connectivity index (χ1) is 20.2. The molecule has 0 amide bonds. The molecule has 1 saturated heterocycles. The molecule has 1 N–H and O–H groups in total. The van der Waals surface area contributed by atoms with Gasteiger partial charge in [-0.25, -0.2) is 8.42 Å². The third kappa shape index (κ3) is 8.76. The Morgan fingerprint density at radius 3 is 2.26 bits per heavy atom. The molecule has 8 heteroatoms. The van der Waals surface area contributed by atoms with Crippen molar-refractivity contribution in [1.82, 2.24) is 14.1 Å². The Morgan fingerprint density at radius 1 is 0.953 bits per heavy atom. The summed E-state index contributed by atoms with van der Waals surface area (Å²) in [6, 6.07) is 24.3. The van der Waals surface area contributed by atoms with E-state index < -0.39 is 22.0 Å². The molecule has 1 aliphatic heterocycles. The summed E-state index contributed by atoms with van der Waals surface area (Å²) in [5.74, 6) is -1.22. The van der Waals surface area contributed by atoms with Crippen LogP contribution >= 0.6 is 0 Å². The molecule has 2 atom stereocenters. The number of benzene rings is 3. The summed E-state index contributed by atoms with van der Waals surface area (Å²) in [6.45, 7) is 11.4. The lowest BCUT2D eigenvalue weighted by Gasteiger charge is -2.38. The van der Waals surface area contributed by atoms with Gasteiger partial charge in [0.1, 0.15) is 6.04 Å². The van der Waals surface area contributed by atoms with E-state index in [1.54, 1.807) is 0 Å². The summed E-state index contributed by atoms with van der Waals surface area (Å²) in [6.07, 6.45) is 1.12. The van der Waals surface area contributed by atoms with Gasteiger partial charge in [0, 0.05) is 32.2 Å². The van der Waals surface area contributed by atoms with E-state index in [1.165, 1.54) is 22.3 Å². The molecule has 0 spiro atoms. The smallest absolute Gasteiger partial charge is 0.322 e. The van der Waals surface area contributed by atoms with Gasteiger partial charge in [-0.1, -0.05) is 93.6 Å². The monoisotopic (exact) mass is 605 g/mol. The predicted molar refractivity (Wildman–Crippen MR) is 174 cm³/mol. The SMILES string of the molecule is Cc1ccccc1-c1ccccc1CN(Cc1cccc(CN2C(C(=O)O)CCS2(=O)=O)c1)[C@H](CN(C)C)CC(C)(C)C. The normalized spacial score (nSPS) is 17.9. The lowest BCUT2D eigenvalue weighted by molar-refractivity contribution is -0.141. The first kappa shape index (κ1) is 32.9. The maximum absolute atomic E-state index is 12.7. The third-order valence-corrected chi connectivity index (χ3v) is 9.97. The summed E-state index contributed by atoms with van der Waals surface area (Å²) in [5, 5.41) is 9.64. The molecular weight excluding hydrogens is 558 g/mol. The van der Waals surface area contributed by atoms with Crippen molar-refractivity contribution in [1.29, 1.82) is 0 Å². The number of hydrogen-bond acceptors (Lipinski definition) is 5. The first-order valence-corrected chi connectivity index (χ1v) is 16.7. The van der Waals surface area contributed by atoms with Gasteiger partial charge in [0.2, 0.25) is 10.0 Å². The Kier molecular flexibility index (Phi) is 10.5. The average Bonchev–Trinajstić information content (AvgIpc) is 3.21. The first-order valence-electron chi connectivity index (χ1n) is 15.1. The molecule has 232 valence electrons. The Labute approximate surface area is 258 Å². The van der Waals surface area contributed by atoms with Crippen LogP contribution in [0.1, 0.15) is 55.9 Å². The Balaban J connectivity index is 1.69. The van der Waals surface area contributed by atoms with Crippen LogP contribution in [0, 0.1) is 12.3 Å². The van der Waals surface area contributed by atoms with Gasteiger partial charge in [0.25, 0.3) is 0 Å². The molecule has 0 aliphatic carbocycles. The van der Waals surface area contributed by atoms with Gasteiger partial charge in [0.15, 0.2) is 0 Å². The molecule has 3 aromatic rings. The van der Waals surface area contributed by atoms with E-state index in [2.05, 4.69) is 106 Å². The standard InChI is InChI=1S/C35H47N3O4S/c1-26-12-7-9-16-31(26)32-17-10-8-15-29(32)24-37(30(25-36(5)6)21-35(2,3)4)22-27-13-11-14-28(20-27)23-38-33(34(39)40)18-19-43(38,41)42/h7-17,20,30,33H,18-19,21-25H2,1-6H3,(H,39,40)/t30-,33?/m0/s1. The van der Waals surface area contributed by atoms with E-state index in [4.69, 9.17) is 0 Å². The average molecular weight is 606 g/mol. The second-order valence-electron chi connectivity index (χ2n) is 13.4. The van der Waals surface area contributed by atoms with E-state index in [-0.39, 0.29) is 30.2 Å². The van der Waals surface area contributed by atoms with Crippen molar-refractivity contribution < 1.29 is 18.3 Å². The lowest BCUT2D eigenvalue weighted by atomic mass is 9.86. The highest BCUT2D eigenvalue weighted by Crippen LogP contribution is 2.31. The Hall–Kier alpha value is -3.04. The van der Waals surface area contributed by atoms with Crippen LogP contribution in [-0.2, 0) is 34.5 Å². The van der Waals surface area contributed by atoms with Crippen LogP contribution in [0.4, 0.5) is 0 Å². The quantitative estimate of drug-likeness (QED) is 0.272. The van der Waals surface area contributed by atoms with Crippen molar-refractivity contribution in [3.8, 4) is 11.1 Å². The van der Waals surface area contributed by atoms with Gasteiger partial charge >= 0.3 is 5.97 Å². The van der Waals surface area contributed by atoms with E-state index in [1.807, 2.05) is 18.2 Å². The number of likely N-dealkylation sites (N-methyl/N-ethyl adjacent to an activating group) is 1. The zero-order valence-corrected chi connectivity index (χ0v) is 27.3. The zero-order chi connectivity index (χ0) is 31.4. The van der Waals surface area contributed by atoms with Crippen LogP contribution in [0.15, 0.2) is 72.8 Å².